The zero-order valence-electron chi connectivity index (χ0n) is 9.31. The van der Waals surface area contributed by atoms with Crippen LogP contribution in [0.2, 0.25) is 0 Å². The molecule has 1 aromatic heterocycles. The lowest BCUT2D eigenvalue weighted by Gasteiger charge is -2.13. The van der Waals surface area contributed by atoms with Crippen LogP contribution in [0.1, 0.15) is 18.5 Å². The number of nitrogens with zero attached hydrogens (tertiary/aromatic N) is 2. The summed E-state index contributed by atoms with van der Waals surface area (Å²) < 4.78 is 3.05. The van der Waals surface area contributed by atoms with Crippen LogP contribution in [0, 0.1) is 3.57 Å². The van der Waals surface area contributed by atoms with Gasteiger partial charge in [0, 0.05) is 28.9 Å². The summed E-state index contributed by atoms with van der Waals surface area (Å²) in [6, 6.07) is 10.8. The summed E-state index contributed by atoms with van der Waals surface area (Å²) in [6.45, 7) is 2.14. The van der Waals surface area contributed by atoms with Crippen molar-refractivity contribution in [2.24, 2.45) is 7.05 Å². The predicted molar refractivity (Wildman–Crippen MR) is 74.4 cm³/mol. The standard InChI is InChI=1S/C12H14IN3/c1-9(10-3-5-11(13)6-4-10)14-12-7-8-16(2)15-12/h3-9H,1-2H3,(H,14,15). The first kappa shape index (κ1) is 11.4. The second kappa shape index (κ2) is 4.86. The molecule has 1 unspecified atom stereocenters. The molecule has 4 heteroatoms. The summed E-state index contributed by atoms with van der Waals surface area (Å²) in [7, 11) is 1.92. The Morgan fingerprint density at radius 2 is 1.94 bits per heavy atom. The lowest BCUT2D eigenvalue weighted by Crippen LogP contribution is -2.07. The molecule has 16 heavy (non-hydrogen) atoms. The number of nitrogens with one attached hydrogen (secondary N) is 1. The predicted octanol–water partition coefficient (Wildman–Crippen LogP) is 3.20. The van der Waals surface area contributed by atoms with E-state index in [1.54, 1.807) is 4.68 Å². The minimum atomic E-state index is 0.270. The Kier molecular flexibility index (Phi) is 3.48. The Labute approximate surface area is 109 Å². The van der Waals surface area contributed by atoms with Crippen LogP contribution in [-0.2, 0) is 7.05 Å². The lowest BCUT2D eigenvalue weighted by molar-refractivity contribution is 0.760. The van der Waals surface area contributed by atoms with E-state index in [1.165, 1.54) is 9.13 Å². The maximum atomic E-state index is 4.30. The van der Waals surface area contributed by atoms with Gasteiger partial charge in [-0.2, -0.15) is 5.10 Å². The van der Waals surface area contributed by atoms with Gasteiger partial charge in [-0.1, -0.05) is 12.1 Å². The summed E-state index contributed by atoms with van der Waals surface area (Å²) in [5.74, 6) is 0.911. The van der Waals surface area contributed by atoms with Gasteiger partial charge in [-0.25, -0.2) is 0 Å². The van der Waals surface area contributed by atoms with Crippen LogP contribution in [-0.4, -0.2) is 9.78 Å². The molecule has 2 aromatic rings. The molecule has 1 atom stereocenters. The molecular weight excluding hydrogens is 313 g/mol. The van der Waals surface area contributed by atoms with Gasteiger partial charge in [-0.15, -0.1) is 0 Å². The summed E-state index contributed by atoms with van der Waals surface area (Å²) in [6.07, 6.45) is 1.93. The van der Waals surface area contributed by atoms with Crippen LogP contribution in [0.5, 0.6) is 0 Å². The fourth-order valence-corrected chi connectivity index (χ4v) is 1.91. The summed E-state index contributed by atoms with van der Waals surface area (Å²) in [5, 5.41) is 7.66. The molecule has 0 saturated carbocycles. The third-order valence-electron chi connectivity index (χ3n) is 2.45. The number of hydrogen-bond donors (Lipinski definition) is 1. The van der Waals surface area contributed by atoms with Gasteiger partial charge in [0.2, 0.25) is 0 Å². The molecule has 0 spiro atoms. The van der Waals surface area contributed by atoms with Crippen molar-refractivity contribution in [2.75, 3.05) is 5.32 Å². The van der Waals surface area contributed by atoms with Gasteiger partial charge < -0.3 is 5.32 Å². The molecule has 0 radical (unpaired) electrons. The monoisotopic (exact) mass is 327 g/mol. The molecule has 0 bridgehead atoms. The highest BCUT2D eigenvalue weighted by atomic mass is 127. The van der Waals surface area contributed by atoms with E-state index in [9.17, 15) is 0 Å². The number of aromatic nitrogens is 2. The van der Waals surface area contributed by atoms with Crippen LogP contribution in [0.3, 0.4) is 0 Å². The zero-order chi connectivity index (χ0) is 11.5. The molecule has 0 saturated heterocycles. The van der Waals surface area contributed by atoms with E-state index >= 15 is 0 Å². The number of halogens is 1. The fraction of sp³-hybridized carbons (Fsp3) is 0.250. The maximum absolute atomic E-state index is 4.30. The van der Waals surface area contributed by atoms with Gasteiger partial charge >= 0.3 is 0 Å². The molecule has 3 nitrogen and oxygen atoms in total. The molecule has 0 aliphatic carbocycles. The van der Waals surface area contributed by atoms with E-state index in [0.717, 1.165) is 5.82 Å². The van der Waals surface area contributed by atoms with Crippen molar-refractivity contribution >= 4 is 28.4 Å². The van der Waals surface area contributed by atoms with Crippen molar-refractivity contribution in [3.63, 3.8) is 0 Å². The third-order valence-corrected chi connectivity index (χ3v) is 3.17. The maximum Gasteiger partial charge on any atom is 0.148 e. The zero-order valence-corrected chi connectivity index (χ0v) is 11.5. The van der Waals surface area contributed by atoms with Crippen LogP contribution in [0.25, 0.3) is 0 Å². The molecule has 2 rings (SSSR count). The van der Waals surface area contributed by atoms with Crippen LogP contribution in [0.15, 0.2) is 36.5 Å². The van der Waals surface area contributed by atoms with Gasteiger partial charge in [0.15, 0.2) is 0 Å². The largest absolute Gasteiger partial charge is 0.362 e. The van der Waals surface area contributed by atoms with E-state index in [-0.39, 0.29) is 6.04 Å². The molecule has 84 valence electrons. The normalized spacial score (nSPS) is 12.4. The van der Waals surface area contributed by atoms with Crippen molar-refractivity contribution in [1.82, 2.24) is 9.78 Å². The van der Waals surface area contributed by atoms with Crippen molar-refractivity contribution in [2.45, 2.75) is 13.0 Å². The van der Waals surface area contributed by atoms with E-state index < -0.39 is 0 Å². The number of rotatable bonds is 3. The SMILES string of the molecule is CC(Nc1ccn(C)n1)c1ccc(I)cc1. The van der Waals surface area contributed by atoms with Gasteiger partial charge in [-0.05, 0) is 47.2 Å². The Balaban J connectivity index is 2.08. The fourth-order valence-electron chi connectivity index (χ4n) is 1.55. The first-order valence-corrected chi connectivity index (χ1v) is 6.24. The van der Waals surface area contributed by atoms with Crippen molar-refractivity contribution in [3.8, 4) is 0 Å². The summed E-state index contributed by atoms with van der Waals surface area (Å²) in [5.41, 5.74) is 1.27. The molecule has 0 aliphatic heterocycles. The van der Waals surface area contributed by atoms with E-state index in [2.05, 4.69) is 64.2 Å². The lowest BCUT2D eigenvalue weighted by atomic mass is 10.1. The first-order chi connectivity index (χ1) is 7.65. The van der Waals surface area contributed by atoms with Crippen LogP contribution in [0.4, 0.5) is 5.82 Å². The van der Waals surface area contributed by atoms with Crippen LogP contribution < -0.4 is 5.32 Å². The number of aryl methyl sites for hydroxylation is 1. The summed E-state index contributed by atoms with van der Waals surface area (Å²) >= 11 is 2.31. The smallest absolute Gasteiger partial charge is 0.148 e. The molecule has 1 N–H and O–H groups in total. The highest BCUT2D eigenvalue weighted by molar-refractivity contribution is 14.1. The second-order valence-corrected chi connectivity index (χ2v) is 5.04. The highest BCUT2D eigenvalue weighted by Crippen LogP contribution is 2.18. The number of hydrogen-bond acceptors (Lipinski definition) is 2. The molecule has 0 amide bonds. The number of anilines is 1. The van der Waals surface area contributed by atoms with Gasteiger partial charge in [0.05, 0.1) is 0 Å². The minimum Gasteiger partial charge on any atom is -0.362 e. The molecule has 1 aromatic carbocycles. The van der Waals surface area contributed by atoms with Crippen molar-refractivity contribution in [1.29, 1.82) is 0 Å². The van der Waals surface area contributed by atoms with Crippen molar-refractivity contribution in [3.05, 3.63) is 45.7 Å². The Bertz CT molecular complexity index is 461. The second-order valence-electron chi connectivity index (χ2n) is 3.79. The van der Waals surface area contributed by atoms with E-state index in [4.69, 9.17) is 0 Å². The topological polar surface area (TPSA) is 29.9 Å². The first-order valence-electron chi connectivity index (χ1n) is 5.17. The Morgan fingerprint density at radius 1 is 1.25 bits per heavy atom. The molecule has 0 fully saturated rings. The van der Waals surface area contributed by atoms with Gasteiger partial charge in [0.1, 0.15) is 5.82 Å². The molecule has 1 heterocycles. The number of benzene rings is 1. The van der Waals surface area contributed by atoms with Gasteiger partial charge in [-0.3, -0.25) is 4.68 Å². The van der Waals surface area contributed by atoms with E-state index in [0.29, 0.717) is 0 Å². The summed E-state index contributed by atoms with van der Waals surface area (Å²) in [4.78, 5) is 0. The molecule has 0 aliphatic rings. The molecular formula is C12H14IN3. The Hall–Kier alpha value is -1.04. The van der Waals surface area contributed by atoms with Crippen LogP contribution >= 0.6 is 22.6 Å². The third kappa shape index (κ3) is 2.75. The highest BCUT2D eigenvalue weighted by Gasteiger charge is 2.06. The average molecular weight is 327 g/mol. The van der Waals surface area contributed by atoms with Gasteiger partial charge in [0.25, 0.3) is 0 Å². The van der Waals surface area contributed by atoms with Crippen molar-refractivity contribution < 1.29 is 0 Å². The average Bonchev–Trinajstić information content (AvgIpc) is 2.65. The minimum absolute atomic E-state index is 0.270. The quantitative estimate of drug-likeness (QED) is 0.878. The van der Waals surface area contributed by atoms with E-state index in [1.807, 2.05) is 19.3 Å². The Morgan fingerprint density at radius 3 is 2.50 bits per heavy atom.